The number of nitrogens with zero attached hydrogens (tertiary/aromatic N) is 2. The van der Waals surface area contributed by atoms with Crippen LogP contribution in [0.5, 0.6) is 0 Å². The maximum atomic E-state index is 5.10. The molecule has 0 saturated carbocycles. The lowest BCUT2D eigenvalue weighted by Crippen LogP contribution is -1.93. The van der Waals surface area contributed by atoms with E-state index in [1.54, 1.807) is 0 Å². The van der Waals surface area contributed by atoms with Crippen LogP contribution in [0.3, 0.4) is 0 Å². The van der Waals surface area contributed by atoms with Gasteiger partial charge in [0.1, 0.15) is 0 Å². The number of aromatic amines is 1. The minimum Gasteiger partial charge on any atom is -0.303 e. The van der Waals surface area contributed by atoms with E-state index in [1.807, 2.05) is 11.6 Å². The summed E-state index contributed by atoms with van der Waals surface area (Å²) in [6.45, 7) is 2.21. The first-order valence-electron chi connectivity index (χ1n) is 5.93. The zero-order chi connectivity index (χ0) is 12.3. The Kier molecular flexibility index (Phi) is 3.74. The third-order valence-electron chi connectivity index (χ3n) is 2.91. The molecule has 0 fully saturated rings. The highest BCUT2D eigenvalue weighted by Crippen LogP contribution is 2.17. The van der Waals surface area contributed by atoms with Crippen LogP contribution in [0, 0.1) is 4.77 Å². The second-order valence-corrected chi connectivity index (χ2v) is 4.60. The van der Waals surface area contributed by atoms with Crippen molar-refractivity contribution >= 4 is 12.2 Å². The number of unbranched alkanes of at least 4 members (excludes halogenated alkanes) is 1. The number of H-pyrrole nitrogens is 1. The van der Waals surface area contributed by atoms with E-state index in [1.165, 1.54) is 18.4 Å². The van der Waals surface area contributed by atoms with Gasteiger partial charge in [-0.15, -0.1) is 0 Å². The molecule has 0 spiro atoms. The van der Waals surface area contributed by atoms with Gasteiger partial charge in [0.15, 0.2) is 10.6 Å². The Morgan fingerprint density at radius 3 is 2.53 bits per heavy atom. The summed E-state index contributed by atoms with van der Waals surface area (Å²) in [5.74, 6) is 0.886. The number of benzene rings is 1. The predicted molar refractivity (Wildman–Crippen MR) is 72.4 cm³/mol. The Morgan fingerprint density at radius 1 is 1.29 bits per heavy atom. The highest BCUT2D eigenvalue weighted by molar-refractivity contribution is 7.71. The maximum Gasteiger partial charge on any atom is 0.195 e. The summed E-state index contributed by atoms with van der Waals surface area (Å²) in [5, 5.41) is 7.02. The number of hydrogen-bond donors (Lipinski definition) is 1. The van der Waals surface area contributed by atoms with Crippen LogP contribution < -0.4 is 0 Å². The zero-order valence-electron chi connectivity index (χ0n) is 10.2. The largest absolute Gasteiger partial charge is 0.303 e. The summed E-state index contributed by atoms with van der Waals surface area (Å²) in [7, 11) is 1.92. The van der Waals surface area contributed by atoms with Gasteiger partial charge in [0, 0.05) is 12.6 Å². The Labute approximate surface area is 106 Å². The average molecular weight is 247 g/mol. The first-order chi connectivity index (χ1) is 8.22. The molecule has 0 radical (unpaired) electrons. The van der Waals surface area contributed by atoms with E-state index in [2.05, 4.69) is 41.4 Å². The molecule has 4 heteroatoms. The minimum atomic E-state index is 0.648. The lowest BCUT2D eigenvalue weighted by molar-refractivity contribution is 0.795. The molecular formula is C13H17N3S. The maximum absolute atomic E-state index is 5.10. The summed E-state index contributed by atoms with van der Waals surface area (Å²) < 4.78 is 2.53. The monoisotopic (exact) mass is 247 g/mol. The summed E-state index contributed by atoms with van der Waals surface area (Å²) in [4.78, 5) is 0. The second-order valence-electron chi connectivity index (χ2n) is 4.21. The number of rotatable bonds is 4. The Hall–Kier alpha value is -1.42. The molecule has 0 unspecified atom stereocenters. The lowest BCUT2D eigenvalue weighted by atomic mass is 10.1. The molecule has 0 aliphatic carbocycles. The van der Waals surface area contributed by atoms with Crippen LogP contribution in [0.15, 0.2) is 24.3 Å². The van der Waals surface area contributed by atoms with Gasteiger partial charge in [0.05, 0.1) is 0 Å². The smallest absolute Gasteiger partial charge is 0.195 e. The van der Waals surface area contributed by atoms with Gasteiger partial charge in [-0.3, -0.25) is 5.10 Å². The molecule has 90 valence electrons. The number of aromatic nitrogens is 3. The third kappa shape index (κ3) is 2.64. The van der Waals surface area contributed by atoms with E-state index in [0.717, 1.165) is 17.8 Å². The van der Waals surface area contributed by atoms with Gasteiger partial charge < -0.3 is 4.57 Å². The number of hydrogen-bond acceptors (Lipinski definition) is 2. The van der Waals surface area contributed by atoms with Gasteiger partial charge in [-0.25, -0.2) is 0 Å². The van der Waals surface area contributed by atoms with Crippen molar-refractivity contribution in [1.29, 1.82) is 0 Å². The van der Waals surface area contributed by atoms with Gasteiger partial charge in [-0.05, 0) is 30.6 Å². The van der Waals surface area contributed by atoms with E-state index in [9.17, 15) is 0 Å². The Morgan fingerprint density at radius 2 is 2.00 bits per heavy atom. The van der Waals surface area contributed by atoms with Crippen LogP contribution in [-0.4, -0.2) is 14.8 Å². The minimum absolute atomic E-state index is 0.648. The molecule has 17 heavy (non-hydrogen) atoms. The van der Waals surface area contributed by atoms with Gasteiger partial charge in [0.2, 0.25) is 0 Å². The van der Waals surface area contributed by atoms with Crippen LogP contribution in [-0.2, 0) is 13.5 Å². The summed E-state index contributed by atoms with van der Waals surface area (Å²) in [6, 6.07) is 8.55. The molecule has 2 rings (SSSR count). The highest BCUT2D eigenvalue weighted by Gasteiger charge is 2.04. The summed E-state index contributed by atoms with van der Waals surface area (Å²) in [6.07, 6.45) is 3.62. The fraction of sp³-hybridized carbons (Fsp3) is 0.385. The first-order valence-corrected chi connectivity index (χ1v) is 6.34. The molecule has 2 aromatic rings. The van der Waals surface area contributed by atoms with Gasteiger partial charge in [-0.2, -0.15) is 5.10 Å². The molecule has 0 aliphatic rings. The Balaban J connectivity index is 2.23. The van der Waals surface area contributed by atoms with Crippen molar-refractivity contribution < 1.29 is 0 Å². The normalized spacial score (nSPS) is 10.7. The van der Waals surface area contributed by atoms with Crippen molar-refractivity contribution in [3.63, 3.8) is 0 Å². The number of aryl methyl sites for hydroxylation is 1. The quantitative estimate of drug-likeness (QED) is 0.839. The van der Waals surface area contributed by atoms with E-state index in [-0.39, 0.29) is 0 Å². The van der Waals surface area contributed by atoms with Gasteiger partial charge in [-0.1, -0.05) is 37.6 Å². The van der Waals surface area contributed by atoms with E-state index < -0.39 is 0 Å². The standard InChI is InChI=1S/C13H17N3S/c1-3-4-5-10-6-8-11(9-7-10)12-14-15-13(17)16(12)2/h6-9H,3-5H2,1-2H3,(H,15,17). The molecule has 0 amide bonds. The molecule has 1 heterocycles. The molecule has 1 aromatic heterocycles. The van der Waals surface area contributed by atoms with E-state index in [4.69, 9.17) is 12.2 Å². The SMILES string of the molecule is CCCCc1ccc(-c2n[nH]c(=S)n2C)cc1. The summed E-state index contributed by atoms with van der Waals surface area (Å²) in [5.41, 5.74) is 2.48. The lowest BCUT2D eigenvalue weighted by Gasteiger charge is -2.03. The van der Waals surface area contributed by atoms with Crippen molar-refractivity contribution in [2.24, 2.45) is 7.05 Å². The van der Waals surface area contributed by atoms with Crippen molar-refractivity contribution in [3.8, 4) is 11.4 Å². The highest BCUT2D eigenvalue weighted by atomic mass is 32.1. The van der Waals surface area contributed by atoms with Crippen LogP contribution >= 0.6 is 12.2 Å². The second kappa shape index (κ2) is 5.27. The van der Waals surface area contributed by atoms with Gasteiger partial charge >= 0.3 is 0 Å². The molecule has 0 bridgehead atoms. The zero-order valence-corrected chi connectivity index (χ0v) is 11.0. The van der Waals surface area contributed by atoms with Crippen molar-refractivity contribution in [1.82, 2.24) is 14.8 Å². The van der Waals surface area contributed by atoms with Crippen molar-refractivity contribution in [2.75, 3.05) is 0 Å². The van der Waals surface area contributed by atoms with Crippen molar-refractivity contribution in [3.05, 3.63) is 34.6 Å². The van der Waals surface area contributed by atoms with E-state index >= 15 is 0 Å². The number of nitrogens with one attached hydrogen (secondary N) is 1. The van der Waals surface area contributed by atoms with Crippen LogP contribution in [0.4, 0.5) is 0 Å². The molecule has 0 saturated heterocycles. The van der Waals surface area contributed by atoms with Crippen LogP contribution in [0.2, 0.25) is 0 Å². The first kappa shape index (κ1) is 12.0. The molecule has 0 aliphatic heterocycles. The molecule has 1 aromatic carbocycles. The van der Waals surface area contributed by atoms with Crippen LogP contribution in [0.1, 0.15) is 25.3 Å². The topological polar surface area (TPSA) is 33.6 Å². The Bertz CT molecular complexity index is 537. The van der Waals surface area contributed by atoms with Crippen molar-refractivity contribution in [2.45, 2.75) is 26.2 Å². The summed E-state index contributed by atoms with van der Waals surface area (Å²) >= 11 is 5.10. The molecule has 3 nitrogen and oxygen atoms in total. The van der Waals surface area contributed by atoms with Crippen LogP contribution in [0.25, 0.3) is 11.4 Å². The third-order valence-corrected chi connectivity index (χ3v) is 3.28. The average Bonchev–Trinajstić information content (AvgIpc) is 2.68. The fourth-order valence-corrected chi connectivity index (χ4v) is 1.94. The van der Waals surface area contributed by atoms with E-state index in [0.29, 0.717) is 4.77 Å². The predicted octanol–water partition coefficient (Wildman–Crippen LogP) is 3.49. The molecule has 0 atom stereocenters. The molecular weight excluding hydrogens is 230 g/mol. The molecule has 1 N–H and O–H groups in total. The van der Waals surface area contributed by atoms with Gasteiger partial charge in [0.25, 0.3) is 0 Å². The fourth-order valence-electron chi connectivity index (χ4n) is 1.81.